The number of nitrogen functional groups attached to an aromatic ring is 1. The fourth-order valence-electron chi connectivity index (χ4n) is 0.940. The Balaban J connectivity index is 2.14. The molecule has 5 nitrogen and oxygen atoms in total. The number of aryl methyl sites for hydroxylation is 1. The van der Waals surface area contributed by atoms with Gasteiger partial charge in [-0.1, -0.05) is 0 Å². The van der Waals surface area contributed by atoms with E-state index in [1.807, 2.05) is 7.05 Å². The Bertz CT molecular complexity index is 262. The van der Waals surface area contributed by atoms with Gasteiger partial charge < -0.3 is 11.1 Å². The predicted octanol–water partition coefficient (Wildman–Crippen LogP) is -0.0284. The van der Waals surface area contributed by atoms with E-state index < -0.39 is 0 Å². The fourth-order valence-corrected chi connectivity index (χ4v) is 0.940. The van der Waals surface area contributed by atoms with E-state index in [1.165, 1.54) is 12.8 Å². The highest BCUT2D eigenvalue weighted by Crippen LogP contribution is 2.23. The lowest BCUT2D eigenvalue weighted by atomic mass is 10.7. The van der Waals surface area contributed by atoms with Crippen molar-refractivity contribution in [2.75, 3.05) is 11.1 Å². The van der Waals surface area contributed by atoms with Crippen LogP contribution in [0, 0.1) is 0 Å². The number of anilines is 2. The summed E-state index contributed by atoms with van der Waals surface area (Å²) in [7, 11) is 1.83. The molecule has 0 radical (unpaired) electrons. The molecule has 60 valence electrons. The molecule has 5 heteroatoms. The lowest BCUT2D eigenvalue weighted by Gasteiger charge is -1.99. The van der Waals surface area contributed by atoms with Gasteiger partial charge in [0.2, 0.25) is 11.9 Å². The molecule has 0 atom stereocenters. The normalized spacial score (nSPS) is 16.8. The third-order valence-corrected chi connectivity index (χ3v) is 1.69. The minimum atomic E-state index is 0.329. The van der Waals surface area contributed by atoms with Gasteiger partial charge in [-0.25, -0.2) is 4.68 Å². The van der Waals surface area contributed by atoms with Crippen LogP contribution >= 0.6 is 0 Å². The minimum Gasteiger partial charge on any atom is -0.366 e. The Kier molecular flexibility index (Phi) is 1.24. The molecule has 2 rings (SSSR count). The van der Waals surface area contributed by atoms with Crippen molar-refractivity contribution in [2.45, 2.75) is 18.9 Å². The van der Waals surface area contributed by atoms with Crippen LogP contribution in [0.2, 0.25) is 0 Å². The molecule has 0 bridgehead atoms. The molecule has 1 saturated carbocycles. The summed E-state index contributed by atoms with van der Waals surface area (Å²) in [5, 5.41) is 7.13. The van der Waals surface area contributed by atoms with Crippen molar-refractivity contribution in [1.29, 1.82) is 0 Å². The summed E-state index contributed by atoms with van der Waals surface area (Å²) in [5.74, 6) is 1.10. The van der Waals surface area contributed by atoms with E-state index in [-0.39, 0.29) is 0 Å². The maximum Gasteiger partial charge on any atom is 0.241 e. The first-order chi connectivity index (χ1) is 5.25. The third kappa shape index (κ3) is 1.26. The van der Waals surface area contributed by atoms with Crippen molar-refractivity contribution in [2.24, 2.45) is 7.05 Å². The summed E-state index contributed by atoms with van der Waals surface area (Å²) < 4.78 is 1.66. The standard InChI is InChI=1S/C6H11N5/c1-11-6(8-4-2-3-4)9-5(7)10-11/h4H,2-3H2,1H3,(H3,7,8,9,10). The Hall–Kier alpha value is -1.26. The molecular formula is C6H11N5. The SMILES string of the molecule is Cn1nc(N)nc1NC1CC1. The summed E-state index contributed by atoms with van der Waals surface area (Å²) >= 11 is 0. The van der Waals surface area contributed by atoms with Gasteiger partial charge in [0.25, 0.3) is 0 Å². The van der Waals surface area contributed by atoms with Gasteiger partial charge in [0, 0.05) is 13.1 Å². The Morgan fingerprint density at radius 1 is 1.64 bits per heavy atom. The smallest absolute Gasteiger partial charge is 0.241 e. The second-order valence-corrected chi connectivity index (χ2v) is 2.84. The topological polar surface area (TPSA) is 68.8 Å². The van der Waals surface area contributed by atoms with Crippen molar-refractivity contribution in [1.82, 2.24) is 14.8 Å². The van der Waals surface area contributed by atoms with Gasteiger partial charge in [0.15, 0.2) is 0 Å². The largest absolute Gasteiger partial charge is 0.366 e. The van der Waals surface area contributed by atoms with E-state index in [4.69, 9.17) is 5.73 Å². The number of nitrogens with one attached hydrogen (secondary N) is 1. The number of aromatic nitrogens is 3. The fraction of sp³-hybridized carbons (Fsp3) is 0.667. The molecule has 1 heterocycles. The van der Waals surface area contributed by atoms with E-state index in [1.54, 1.807) is 4.68 Å². The molecule has 1 fully saturated rings. The zero-order chi connectivity index (χ0) is 7.84. The molecule has 0 saturated heterocycles. The number of nitrogens with zero attached hydrogens (tertiary/aromatic N) is 3. The lowest BCUT2D eigenvalue weighted by Crippen LogP contribution is -2.07. The number of rotatable bonds is 2. The first-order valence-electron chi connectivity index (χ1n) is 3.69. The predicted molar refractivity (Wildman–Crippen MR) is 42.1 cm³/mol. The van der Waals surface area contributed by atoms with Crippen LogP contribution in [0.5, 0.6) is 0 Å². The maximum absolute atomic E-state index is 5.39. The number of hydrogen-bond donors (Lipinski definition) is 2. The van der Waals surface area contributed by atoms with Gasteiger partial charge in [-0.3, -0.25) is 0 Å². The van der Waals surface area contributed by atoms with Gasteiger partial charge in [0.05, 0.1) is 0 Å². The molecule has 1 aromatic heterocycles. The Labute approximate surface area is 64.6 Å². The second-order valence-electron chi connectivity index (χ2n) is 2.84. The molecule has 0 unspecified atom stereocenters. The van der Waals surface area contributed by atoms with Crippen molar-refractivity contribution in [3.8, 4) is 0 Å². The zero-order valence-electron chi connectivity index (χ0n) is 6.41. The summed E-state index contributed by atoms with van der Waals surface area (Å²) in [6.07, 6.45) is 2.46. The van der Waals surface area contributed by atoms with Crippen molar-refractivity contribution in [3.63, 3.8) is 0 Å². The third-order valence-electron chi connectivity index (χ3n) is 1.69. The monoisotopic (exact) mass is 153 g/mol. The summed E-state index contributed by atoms with van der Waals surface area (Å²) in [5.41, 5.74) is 5.39. The number of hydrogen-bond acceptors (Lipinski definition) is 4. The molecule has 1 aliphatic carbocycles. The van der Waals surface area contributed by atoms with Crippen LogP contribution < -0.4 is 11.1 Å². The summed E-state index contributed by atoms with van der Waals surface area (Å²) in [4.78, 5) is 4.01. The van der Waals surface area contributed by atoms with Crippen LogP contribution in [0.25, 0.3) is 0 Å². The van der Waals surface area contributed by atoms with Crippen LogP contribution in [0.1, 0.15) is 12.8 Å². The van der Waals surface area contributed by atoms with Crippen molar-refractivity contribution >= 4 is 11.9 Å². The van der Waals surface area contributed by atoms with Crippen LogP contribution in [0.3, 0.4) is 0 Å². The van der Waals surface area contributed by atoms with Gasteiger partial charge in [-0.2, -0.15) is 4.98 Å². The first-order valence-corrected chi connectivity index (χ1v) is 3.69. The molecule has 0 spiro atoms. The lowest BCUT2D eigenvalue weighted by molar-refractivity contribution is 0.770. The molecule has 0 aliphatic heterocycles. The highest BCUT2D eigenvalue weighted by atomic mass is 15.4. The van der Waals surface area contributed by atoms with Crippen LogP contribution in [-0.4, -0.2) is 20.8 Å². The first kappa shape index (κ1) is 6.45. The van der Waals surface area contributed by atoms with E-state index in [0.29, 0.717) is 12.0 Å². The van der Waals surface area contributed by atoms with Gasteiger partial charge >= 0.3 is 0 Å². The Morgan fingerprint density at radius 2 is 2.36 bits per heavy atom. The van der Waals surface area contributed by atoms with Crippen molar-refractivity contribution < 1.29 is 0 Å². The van der Waals surface area contributed by atoms with Crippen molar-refractivity contribution in [3.05, 3.63) is 0 Å². The molecule has 1 aromatic rings. The van der Waals surface area contributed by atoms with E-state index in [2.05, 4.69) is 15.4 Å². The average Bonchev–Trinajstić information content (AvgIpc) is 2.64. The van der Waals surface area contributed by atoms with Gasteiger partial charge in [-0.05, 0) is 12.8 Å². The molecular weight excluding hydrogens is 142 g/mol. The highest BCUT2D eigenvalue weighted by Gasteiger charge is 2.22. The minimum absolute atomic E-state index is 0.329. The summed E-state index contributed by atoms with van der Waals surface area (Å²) in [6, 6.07) is 0.595. The molecule has 0 amide bonds. The average molecular weight is 153 g/mol. The molecule has 0 aromatic carbocycles. The van der Waals surface area contributed by atoms with E-state index >= 15 is 0 Å². The molecule has 3 N–H and O–H groups in total. The molecule has 1 aliphatic rings. The summed E-state index contributed by atoms with van der Waals surface area (Å²) in [6.45, 7) is 0. The van der Waals surface area contributed by atoms with Gasteiger partial charge in [-0.15, -0.1) is 5.10 Å². The van der Waals surface area contributed by atoms with Gasteiger partial charge in [0.1, 0.15) is 0 Å². The Morgan fingerprint density at radius 3 is 2.82 bits per heavy atom. The quantitative estimate of drug-likeness (QED) is 0.626. The zero-order valence-corrected chi connectivity index (χ0v) is 6.41. The molecule has 11 heavy (non-hydrogen) atoms. The maximum atomic E-state index is 5.39. The van der Waals surface area contributed by atoms with E-state index in [0.717, 1.165) is 5.95 Å². The van der Waals surface area contributed by atoms with Crippen LogP contribution in [0.15, 0.2) is 0 Å². The van der Waals surface area contributed by atoms with Crippen LogP contribution in [-0.2, 0) is 7.05 Å². The second kappa shape index (κ2) is 2.11. The van der Waals surface area contributed by atoms with E-state index in [9.17, 15) is 0 Å². The number of nitrogens with two attached hydrogens (primary N) is 1. The highest BCUT2D eigenvalue weighted by molar-refractivity contribution is 5.33. The van der Waals surface area contributed by atoms with Crippen LogP contribution in [0.4, 0.5) is 11.9 Å².